The normalized spacial score (nSPS) is 22.0. The Labute approximate surface area is 153 Å². The van der Waals surface area contributed by atoms with E-state index >= 15 is 0 Å². The smallest absolute Gasteiger partial charge is 0.191 e. The van der Waals surface area contributed by atoms with Crippen LogP contribution >= 0.6 is 24.0 Å². The van der Waals surface area contributed by atoms with Crippen LogP contribution < -0.4 is 10.6 Å². The van der Waals surface area contributed by atoms with E-state index in [1.165, 1.54) is 32.1 Å². The van der Waals surface area contributed by atoms with Crippen molar-refractivity contribution in [3.05, 3.63) is 0 Å². The summed E-state index contributed by atoms with van der Waals surface area (Å²) in [5, 5.41) is 6.66. The van der Waals surface area contributed by atoms with Crippen molar-refractivity contribution in [2.24, 2.45) is 16.8 Å². The van der Waals surface area contributed by atoms with E-state index in [-0.39, 0.29) is 24.0 Å². The molecular formula is C16H34IN3O2. The van der Waals surface area contributed by atoms with Gasteiger partial charge in [-0.3, -0.25) is 4.99 Å². The fourth-order valence-electron chi connectivity index (χ4n) is 2.92. The van der Waals surface area contributed by atoms with Crippen molar-refractivity contribution >= 4 is 29.9 Å². The summed E-state index contributed by atoms with van der Waals surface area (Å²) in [4.78, 5) is 4.23. The summed E-state index contributed by atoms with van der Waals surface area (Å²) < 4.78 is 10.3. The number of nitrogens with one attached hydrogen (secondary N) is 2. The van der Waals surface area contributed by atoms with Crippen molar-refractivity contribution in [2.75, 3.05) is 47.1 Å². The van der Waals surface area contributed by atoms with Crippen LogP contribution in [-0.2, 0) is 9.47 Å². The number of ether oxygens (including phenoxy) is 2. The standard InChI is InChI=1S/C16H33N3O2.HI/c1-14-5-4-6-15(13-14)7-8-18-16(17-2)19-9-10-21-12-11-20-3;/h14-15H,4-13H2,1-3H3,(H2,17,18,19);1H. The number of aliphatic imine (C=N–C) groups is 1. The Morgan fingerprint density at radius 3 is 2.59 bits per heavy atom. The van der Waals surface area contributed by atoms with Gasteiger partial charge in [0.05, 0.1) is 19.8 Å². The van der Waals surface area contributed by atoms with Crippen LogP contribution in [0.1, 0.15) is 39.0 Å². The molecule has 0 bridgehead atoms. The van der Waals surface area contributed by atoms with Crippen molar-refractivity contribution in [1.29, 1.82) is 0 Å². The Bertz CT molecular complexity index is 291. The maximum Gasteiger partial charge on any atom is 0.191 e. The molecule has 0 heterocycles. The van der Waals surface area contributed by atoms with E-state index in [0.717, 1.165) is 30.9 Å². The van der Waals surface area contributed by atoms with Crippen molar-refractivity contribution < 1.29 is 9.47 Å². The fraction of sp³-hybridized carbons (Fsp3) is 0.938. The molecule has 0 spiro atoms. The third-order valence-corrected chi connectivity index (χ3v) is 4.08. The van der Waals surface area contributed by atoms with Crippen LogP contribution in [0.15, 0.2) is 4.99 Å². The topological polar surface area (TPSA) is 54.9 Å². The SMILES string of the molecule is CN=C(NCCOCCOC)NCCC1CCCC(C)C1.I. The van der Waals surface area contributed by atoms with Crippen molar-refractivity contribution in [3.63, 3.8) is 0 Å². The minimum atomic E-state index is 0. The lowest BCUT2D eigenvalue weighted by Gasteiger charge is -2.26. The Kier molecular flexibility index (Phi) is 14.5. The molecule has 0 aromatic carbocycles. The van der Waals surface area contributed by atoms with Gasteiger partial charge < -0.3 is 20.1 Å². The number of methoxy groups -OCH3 is 1. The van der Waals surface area contributed by atoms with E-state index in [1.807, 2.05) is 7.05 Å². The van der Waals surface area contributed by atoms with Crippen molar-refractivity contribution in [1.82, 2.24) is 10.6 Å². The molecule has 1 fully saturated rings. The number of halogens is 1. The predicted molar refractivity (Wildman–Crippen MR) is 103 cm³/mol. The highest BCUT2D eigenvalue weighted by Crippen LogP contribution is 2.30. The third-order valence-electron chi connectivity index (χ3n) is 4.08. The first kappa shape index (κ1) is 21.9. The van der Waals surface area contributed by atoms with Gasteiger partial charge in [-0.15, -0.1) is 24.0 Å². The van der Waals surface area contributed by atoms with Gasteiger partial charge >= 0.3 is 0 Å². The van der Waals surface area contributed by atoms with Gasteiger partial charge in [0.2, 0.25) is 0 Å². The average molecular weight is 427 g/mol. The summed E-state index contributed by atoms with van der Waals surface area (Å²) in [6, 6.07) is 0. The molecule has 5 nitrogen and oxygen atoms in total. The molecule has 2 unspecified atom stereocenters. The minimum Gasteiger partial charge on any atom is -0.382 e. The maximum atomic E-state index is 5.41. The summed E-state index contributed by atoms with van der Waals surface area (Å²) in [6.07, 6.45) is 6.84. The van der Waals surface area contributed by atoms with Gasteiger partial charge in [-0.2, -0.15) is 0 Å². The number of hydrogen-bond donors (Lipinski definition) is 2. The lowest BCUT2D eigenvalue weighted by atomic mass is 9.81. The van der Waals surface area contributed by atoms with E-state index in [9.17, 15) is 0 Å². The molecule has 1 saturated carbocycles. The Morgan fingerprint density at radius 2 is 1.91 bits per heavy atom. The zero-order valence-corrected chi connectivity index (χ0v) is 16.7. The molecule has 0 aliphatic heterocycles. The second kappa shape index (κ2) is 14.5. The highest BCUT2D eigenvalue weighted by molar-refractivity contribution is 14.0. The molecular weight excluding hydrogens is 393 g/mol. The largest absolute Gasteiger partial charge is 0.382 e. The molecule has 2 N–H and O–H groups in total. The monoisotopic (exact) mass is 427 g/mol. The second-order valence-corrected chi connectivity index (χ2v) is 5.96. The summed E-state index contributed by atoms with van der Waals surface area (Å²) in [7, 11) is 3.49. The van der Waals surface area contributed by atoms with E-state index in [2.05, 4.69) is 22.5 Å². The number of guanidine groups is 1. The molecule has 1 aliphatic carbocycles. The molecule has 2 atom stereocenters. The molecule has 0 saturated heterocycles. The average Bonchev–Trinajstić information content (AvgIpc) is 2.49. The number of nitrogens with zero attached hydrogens (tertiary/aromatic N) is 1. The molecule has 0 radical (unpaired) electrons. The van der Waals surface area contributed by atoms with E-state index < -0.39 is 0 Å². The number of rotatable bonds is 9. The first-order valence-electron chi connectivity index (χ1n) is 8.27. The molecule has 1 aliphatic rings. The minimum absolute atomic E-state index is 0. The van der Waals surface area contributed by atoms with Crippen LogP contribution in [0.25, 0.3) is 0 Å². The highest BCUT2D eigenvalue weighted by atomic mass is 127. The quantitative estimate of drug-likeness (QED) is 0.257. The molecule has 0 amide bonds. The summed E-state index contributed by atoms with van der Waals surface area (Å²) in [6.45, 7) is 6.11. The van der Waals surface area contributed by atoms with Gasteiger partial charge in [-0.05, 0) is 24.7 Å². The summed E-state index contributed by atoms with van der Waals surface area (Å²) in [5.74, 6) is 2.66. The van der Waals surface area contributed by atoms with Crippen LogP contribution in [0.4, 0.5) is 0 Å². The lowest BCUT2D eigenvalue weighted by molar-refractivity contribution is 0.0733. The molecule has 0 aromatic rings. The van der Waals surface area contributed by atoms with Crippen LogP contribution in [0.2, 0.25) is 0 Å². The van der Waals surface area contributed by atoms with Crippen molar-refractivity contribution in [3.8, 4) is 0 Å². The molecule has 1 rings (SSSR count). The first-order valence-corrected chi connectivity index (χ1v) is 8.27. The molecule has 22 heavy (non-hydrogen) atoms. The van der Waals surface area contributed by atoms with Crippen LogP contribution in [0.5, 0.6) is 0 Å². The van der Waals surface area contributed by atoms with Gasteiger partial charge in [0.15, 0.2) is 5.96 Å². The number of hydrogen-bond acceptors (Lipinski definition) is 3. The summed E-state index contributed by atoms with van der Waals surface area (Å²) >= 11 is 0. The predicted octanol–water partition coefficient (Wildman–Crippen LogP) is 2.65. The third kappa shape index (κ3) is 10.6. The summed E-state index contributed by atoms with van der Waals surface area (Å²) in [5.41, 5.74) is 0. The zero-order chi connectivity index (χ0) is 15.3. The highest BCUT2D eigenvalue weighted by Gasteiger charge is 2.18. The lowest BCUT2D eigenvalue weighted by Crippen LogP contribution is -2.40. The zero-order valence-electron chi connectivity index (χ0n) is 14.4. The van der Waals surface area contributed by atoms with E-state index in [4.69, 9.17) is 9.47 Å². The van der Waals surface area contributed by atoms with Crippen LogP contribution in [0.3, 0.4) is 0 Å². The maximum absolute atomic E-state index is 5.41. The van der Waals surface area contributed by atoms with Gasteiger partial charge in [-0.1, -0.05) is 26.2 Å². The molecule has 6 heteroatoms. The van der Waals surface area contributed by atoms with Crippen LogP contribution in [0, 0.1) is 11.8 Å². The first-order chi connectivity index (χ1) is 10.3. The van der Waals surface area contributed by atoms with E-state index in [1.54, 1.807) is 7.11 Å². The fourth-order valence-corrected chi connectivity index (χ4v) is 2.92. The molecule has 0 aromatic heterocycles. The Hall–Kier alpha value is -0.0800. The molecule has 132 valence electrons. The van der Waals surface area contributed by atoms with Gasteiger partial charge in [0.25, 0.3) is 0 Å². The van der Waals surface area contributed by atoms with Gasteiger partial charge in [0, 0.05) is 27.2 Å². The Morgan fingerprint density at radius 1 is 1.14 bits per heavy atom. The Balaban J connectivity index is 0.00000441. The van der Waals surface area contributed by atoms with Gasteiger partial charge in [-0.25, -0.2) is 0 Å². The van der Waals surface area contributed by atoms with E-state index in [0.29, 0.717) is 19.8 Å². The van der Waals surface area contributed by atoms with Crippen LogP contribution in [-0.4, -0.2) is 53.0 Å². The van der Waals surface area contributed by atoms with Gasteiger partial charge in [0.1, 0.15) is 0 Å². The van der Waals surface area contributed by atoms with Crippen molar-refractivity contribution in [2.45, 2.75) is 39.0 Å². The second-order valence-electron chi connectivity index (χ2n) is 5.96.